The van der Waals surface area contributed by atoms with Gasteiger partial charge < -0.3 is 9.53 Å². The van der Waals surface area contributed by atoms with E-state index in [0.717, 1.165) is 0 Å². The van der Waals surface area contributed by atoms with Gasteiger partial charge in [0.25, 0.3) is 5.97 Å². The van der Waals surface area contributed by atoms with E-state index in [9.17, 15) is 9.59 Å². The van der Waals surface area contributed by atoms with Gasteiger partial charge in [-0.15, -0.1) is 0 Å². The number of methoxy groups -OCH3 is 1. The van der Waals surface area contributed by atoms with Crippen molar-refractivity contribution < 1.29 is 35.4 Å². The molecule has 0 aromatic carbocycles. The molecular weight excluding hydrogens is 280 g/mol. The zero-order valence-corrected chi connectivity index (χ0v) is 7.27. The van der Waals surface area contributed by atoms with Crippen LogP contribution in [-0.2, 0) is 35.4 Å². The molecule has 0 spiro atoms. The van der Waals surface area contributed by atoms with Crippen LogP contribution in [0.2, 0.25) is 0 Å². The van der Waals surface area contributed by atoms with Crippen molar-refractivity contribution in [2.24, 2.45) is 0 Å². The van der Waals surface area contributed by atoms with Crippen molar-refractivity contribution in [3.05, 3.63) is 0 Å². The van der Waals surface area contributed by atoms with Crippen molar-refractivity contribution >= 4 is 12.3 Å². The number of hydrogen-bond acceptors (Lipinski definition) is 3. The monoisotopic (exact) mass is 285 g/mol. The molecule has 0 saturated heterocycles. The molecule has 0 aromatic heterocycles. The Labute approximate surface area is 61.7 Å². The van der Waals surface area contributed by atoms with E-state index in [1.54, 1.807) is 0 Å². The topological polar surface area (TPSA) is 43.4 Å². The number of hydrogen-bond donors (Lipinski definition) is 0. The van der Waals surface area contributed by atoms with E-state index < -0.39 is 5.97 Å². The summed E-state index contributed by atoms with van der Waals surface area (Å²) in [7, 11) is 1.22. The molecule has 0 heterocycles. The molecule has 0 rings (SSSR count). The third kappa shape index (κ3) is 5.83. The Morgan fingerprint density at radius 3 is 2.38 bits per heavy atom. The maximum atomic E-state index is 9.93. The van der Waals surface area contributed by atoms with Gasteiger partial charge in [0.2, 0.25) is 0 Å². The van der Waals surface area contributed by atoms with Gasteiger partial charge in [-0.05, 0) is 0 Å². The van der Waals surface area contributed by atoms with Gasteiger partial charge in [0.05, 0.1) is 7.11 Å². The first kappa shape index (κ1) is 10.7. The summed E-state index contributed by atoms with van der Waals surface area (Å²) >= 11 is 0. The summed E-state index contributed by atoms with van der Waals surface area (Å²) < 4.78 is 4.09. The van der Waals surface area contributed by atoms with Crippen molar-refractivity contribution in [2.45, 2.75) is 6.42 Å². The summed E-state index contributed by atoms with van der Waals surface area (Å²) in [5.74, 6) is -0.546. The molecule has 0 aliphatic heterocycles. The largest absolute Gasteiger partial charge is 2.00 e. The van der Waals surface area contributed by atoms with Crippen molar-refractivity contribution in [3.63, 3.8) is 0 Å². The summed E-state index contributed by atoms with van der Waals surface area (Å²) in [6.07, 6.45) is 1.13. The van der Waals surface area contributed by atoms with Gasteiger partial charge in [-0.3, -0.25) is 11.1 Å². The fraction of sp³-hybridized carbons (Fsp3) is 0.500. The van der Waals surface area contributed by atoms with E-state index in [1.165, 1.54) is 13.4 Å². The number of rotatable bonds is 2. The molecule has 0 amide bonds. The van der Waals surface area contributed by atoms with Crippen LogP contribution in [0.5, 0.6) is 0 Å². The molecule has 0 aromatic rings. The predicted octanol–water partition coefficient (Wildman–Crippen LogP) is -0.343. The second kappa shape index (κ2) is 6.83. The van der Waals surface area contributed by atoms with Crippen molar-refractivity contribution in [3.8, 4) is 0 Å². The maximum Gasteiger partial charge on any atom is 2.00 e. The Morgan fingerprint density at radius 1 is 1.75 bits per heavy atom. The predicted molar refractivity (Wildman–Crippen MR) is 22.3 cm³/mol. The minimum atomic E-state index is -0.546. The fourth-order valence-electron chi connectivity index (χ4n) is 0.131. The molecule has 0 atom stereocenters. The van der Waals surface area contributed by atoms with Gasteiger partial charge in [0.1, 0.15) is 0 Å². The van der Waals surface area contributed by atoms with E-state index in [2.05, 4.69) is 4.74 Å². The number of carbonyl (C=O) groups excluding carboxylic acids is 2. The third-order valence-corrected chi connectivity index (χ3v) is 0.444. The minimum absolute atomic E-state index is 0. The molecular formula is C4H5O3W+. The van der Waals surface area contributed by atoms with Crippen molar-refractivity contribution in [1.29, 1.82) is 0 Å². The van der Waals surface area contributed by atoms with Crippen LogP contribution in [0.4, 0.5) is 0 Å². The van der Waals surface area contributed by atoms with Crippen LogP contribution in [-0.4, -0.2) is 19.4 Å². The summed E-state index contributed by atoms with van der Waals surface area (Å²) in [6.45, 7) is 0. The van der Waals surface area contributed by atoms with E-state index >= 15 is 0 Å². The van der Waals surface area contributed by atoms with Crippen molar-refractivity contribution in [1.82, 2.24) is 0 Å². The van der Waals surface area contributed by atoms with Gasteiger partial charge in [0, 0.05) is 0 Å². The number of carbonyl (C=O) groups is 1. The van der Waals surface area contributed by atoms with Crippen LogP contribution in [0.3, 0.4) is 0 Å². The molecule has 0 bridgehead atoms. The van der Waals surface area contributed by atoms with Crippen LogP contribution in [0, 0.1) is 0 Å². The first-order valence-electron chi connectivity index (χ1n) is 1.73. The van der Waals surface area contributed by atoms with Gasteiger partial charge in [-0.25, -0.2) is 0 Å². The molecule has 0 aliphatic rings. The average Bonchev–Trinajstić information content (AvgIpc) is 1.68. The Balaban J connectivity index is 0. The Kier molecular flexibility index (Phi) is 9.17. The average molecular weight is 285 g/mol. The second-order valence-electron chi connectivity index (χ2n) is 0.897. The molecule has 0 unspecified atom stereocenters. The second-order valence-corrected chi connectivity index (χ2v) is 0.897. The molecule has 0 aliphatic carbocycles. The van der Waals surface area contributed by atoms with Crippen LogP contribution in [0.25, 0.3) is 0 Å². The van der Waals surface area contributed by atoms with Gasteiger partial charge in [-0.2, -0.15) is 0 Å². The number of esters is 1. The quantitative estimate of drug-likeness (QED) is 0.396. The SMILES string of the molecule is COC(=O)C[C-]=O.[W+2]. The maximum absolute atomic E-state index is 9.93. The van der Waals surface area contributed by atoms with Crippen LogP contribution in [0.15, 0.2) is 0 Å². The van der Waals surface area contributed by atoms with Crippen LogP contribution >= 0.6 is 0 Å². The summed E-state index contributed by atoms with van der Waals surface area (Å²) in [5, 5.41) is 0. The zero-order valence-electron chi connectivity index (χ0n) is 4.34. The molecule has 3 nitrogen and oxygen atoms in total. The van der Waals surface area contributed by atoms with Crippen LogP contribution in [0.1, 0.15) is 6.42 Å². The Morgan fingerprint density at radius 2 is 2.25 bits per heavy atom. The van der Waals surface area contributed by atoms with Crippen LogP contribution < -0.4 is 0 Å². The summed E-state index contributed by atoms with van der Waals surface area (Å²) in [4.78, 5) is 19.3. The normalized spacial score (nSPS) is 6.62. The fourth-order valence-corrected chi connectivity index (χ4v) is 0.131. The van der Waals surface area contributed by atoms with E-state index in [1.807, 2.05) is 0 Å². The zero-order chi connectivity index (χ0) is 5.70. The smallest absolute Gasteiger partial charge is 0.541 e. The standard InChI is InChI=1S/C4H5O3.W/c1-7-4(6)2-3-5;/h2H2,1H3;/q-1;+2. The molecule has 44 valence electrons. The molecule has 0 radical (unpaired) electrons. The van der Waals surface area contributed by atoms with Gasteiger partial charge >= 0.3 is 21.1 Å². The number of ether oxygens (including phenoxy) is 1. The molecule has 8 heavy (non-hydrogen) atoms. The summed E-state index contributed by atoms with van der Waals surface area (Å²) in [5.41, 5.74) is 0. The van der Waals surface area contributed by atoms with E-state index in [0.29, 0.717) is 0 Å². The van der Waals surface area contributed by atoms with Gasteiger partial charge in [-0.1, -0.05) is 6.42 Å². The van der Waals surface area contributed by atoms with E-state index in [4.69, 9.17) is 0 Å². The first-order chi connectivity index (χ1) is 3.31. The molecule has 0 saturated carbocycles. The first-order valence-corrected chi connectivity index (χ1v) is 1.73. The molecule has 4 heteroatoms. The third-order valence-electron chi connectivity index (χ3n) is 0.444. The van der Waals surface area contributed by atoms with E-state index in [-0.39, 0.29) is 27.5 Å². The van der Waals surface area contributed by atoms with Crippen molar-refractivity contribution in [2.75, 3.05) is 7.11 Å². The molecule has 0 N–H and O–H groups in total. The minimum Gasteiger partial charge on any atom is -0.541 e. The summed E-state index contributed by atoms with van der Waals surface area (Å²) in [6, 6.07) is 0. The van der Waals surface area contributed by atoms with Gasteiger partial charge in [0.15, 0.2) is 0 Å². The molecule has 0 fully saturated rings. The Bertz CT molecular complexity index is 81.4. The Hall–Kier alpha value is -0.172.